The van der Waals surface area contributed by atoms with Gasteiger partial charge in [-0.1, -0.05) is 38.0 Å². The number of benzene rings is 1. The Kier molecular flexibility index (Phi) is 6.40. The van der Waals surface area contributed by atoms with Crippen molar-refractivity contribution in [3.63, 3.8) is 0 Å². The Morgan fingerprint density at radius 1 is 1.19 bits per heavy atom. The number of rotatable bonds is 7. The van der Waals surface area contributed by atoms with Crippen molar-refractivity contribution in [3.8, 4) is 0 Å². The summed E-state index contributed by atoms with van der Waals surface area (Å²) in [6.07, 6.45) is 2.35. The monoisotopic (exact) mass is 291 g/mol. The van der Waals surface area contributed by atoms with Gasteiger partial charge in [-0.3, -0.25) is 4.79 Å². The summed E-state index contributed by atoms with van der Waals surface area (Å²) in [5.41, 5.74) is 0.402. The number of ether oxygens (including phenoxy) is 1. The van der Waals surface area contributed by atoms with Crippen LogP contribution in [0.3, 0.4) is 0 Å². The highest BCUT2D eigenvalue weighted by Gasteiger charge is 2.35. The molecular formula is C17H25NO3. The maximum absolute atomic E-state index is 12.2. The number of carbonyl (C=O) groups is 2. The van der Waals surface area contributed by atoms with Gasteiger partial charge in [-0.15, -0.1) is 0 Å². The summed E-state index contributed by atoms with van der Waals surface area (Å²) in [5, 5.41) is 2.82. The molecule has 0 fully saturated rings. The first-order valence-corrected chi connectivity index (χ1v) is 7.51. The van der Waals surface area contributed by atoms with Crippen LogP contribution in [-0.2, 0) is 9.53 Å². The van der Waals surface area contributed by atoms with Crippen LogP contribution < -0.4 is 5.32 Å². The molecule has 116 valence electrons. The number of aryl methyl sites for hydroxylation is 1. The molecule has 1 atom stereocenters. The quantitative estimate of drug-likeness (QED) is 0.620. The fourth-order valence-corrected chi connectivity index (χ4v) is 1.80. The zero-order valence-corrected chi connectivity index (χ0v) is 13.4. The summed E-state index contributed by atoms with van der Waals surface area (Å²) in [5.74, 6) is -0.705. The largest absolute Gasteiger partial charge is 0.446 e. The Morgan fingerprint density at radius 3 is 2.33 bits per heavy atom. The van der Waals surface area contributed by atoms with E-state index in [2.05, 4.69) is 12.2 Å². The number of carbonyl (C=O) groups excluding carboxylic acids is 2. The Bertz CT molecular complexity index is 481. The van der Waals surface area contributed by atoms with E-state index in [4.69, 9.17) is 4.74 Å². The van der Waals surface area contributed by atoms with Crippen molar-refractivity contribution in [3.05, 3.63) is 35.4 Å². The standard InChI is InChI=1S/C17H25NO3/c1-5-7-12-18-16(20)17(4,6-2)21-15(19)14-10-8-13(3)9-11-14/h8-11H,5-7,12H2,1-4H3,(H,18,20). The van der Waals surface area contributed by atoms with Crippen LogP contribution in [-0.4, -0.2) is 24.0 Å². The topological polar surface area (TPSA) is 55.4 Å². The Hall–Kier alpha value is -1.84. The summed E-state index contributed by atoms with van der Waals surface area (Å²) in [7, 11) is 0. The lowest BCUT2D eigenvalue weighted by atomic mass is 10.0. The number of unbranched alkanes of at least 4 members (excludes halogenated alkanes) is 1. The second-order valence-electron chi connectivity index (χ2n) is 5.45. The van der Waals surface area contributed by atoms with Crippen molar-refractivity contribution in [1.29, 1.82) is 0 Å². The zero-order chi connectivity index (χ0) is 15.9. The number of nitrogens with one attached hydrogen (secondary N) is 1. The van der Waals surface area contributed by atoms with Gasteiger partial charge in [-0.25, -0.2) is 4.79 Å². The summed E-state index contributed by atoms with van der Waals surface area (Å²) in [6.45, 7) is 8.10. The third-order valence-electron chi connectivity index (χ3n) is 3.58. The van der Waals surface area contributed by atoms with Crippen LogP contribution in [0, 0.1) is 6.92 Å². The molecule has 0 radical (unpaired) electrons. The van der Waals surface area contributed by atoms with Crippen molar-refractivity contribution >= 4 is 11.9 Å². The van der Waals surface area contributed by atoms with Crippen LogP contribution in [0.4, 0.5) is 0 Å². The molecule has 0 heterocycles. The first-order valence-electron chi connectivity index (χ1n) is 7.51. The van der Waals surface area contributed by atoms with Crippen molar-refractivity contribution in [1.82, 2.24) is 5.32 Å². The predicted octanol–water partition coefficient (Wildman–Crippen LogP) is 3.24. The Morgan fingerprint density at radius 2 is 1.81 bits per heavy atom. The normalized spacial score (nSPS) is 13.3. The van der Waals surface area contributed by atoms with E-state index < -0.39 is 11.6 Å². The van der Waals surface area contributed by atoms with Crippen LogP contribution in [0.1, 0.15) is 56.0 Å². The van der Waals surface area contributed by atoms with Crippen LogP contribution in [0.15, 0.2) is 24.3 Å². The van der Waals surface area contributed by atoms with E-state index in [-0.39, 0.29) is 5.91 Å². The maximum Gasteiger partial charge on any atom is 0.339 e. The molecule has 4 heteroatoms. The van der Waals surface area contributed by atoms with E-state index in [1.807, 2.05) is 26.0 Å². The van der Waals surface area contributed by atoms with E-state index in [1.54, 1.807) is 19.1 Å². The number of hydrogen-bond acceptors (Lipinski definition) is 3. The van der Waals surface area contributed by atoms with Crippen molar-refractivity contribution in [2.24, 2.45) is 0 Å². The summed E-state index contributed by atoms with van der Waals surface area (Å²) in [6, 6.07) is 7.12. The molecule has 0 aliphatic carbocycles. The predicted molar refractivity (Wildman–Crippen MR) is 83.2 cm³/mol. The number of amides is 1. The number of hydrogen-bond donors (Lipinski definition) is 1. The van der Waals surface area contributed by atoms with Gasteiger partial charge in [0.25, 0.3) is 5.91 Å². The highest BCUT2D eigenvalue weighted by atomic mass is 16.6. The lowest BCUT2D eigenvalue weighted by molar-refractivity contribution is -0.139. The fourth-order valence-electron chi connectivity index (χ4n) is 1.80. The van der Waals surface area contributed by atoms with Crippen molar-refractivity contribution in [2.45, 2.75) is 52.6 Å². The van der Waals surface area contributed by atoms with Gasteiger partial charge in [0.2, 0.25) is 0 Å². The fraction of sp³-hybridized carbons (Fsp3) is 0.529. The molecule has 0 bridgehead atoms. The molecule has 0 spiro atoms. The molecule has 1 aromatic carbocycles. The van der Waals surface area contributed by atoms with Crippen molar-refractivity contribution < 1.29 is 14.3 Å². The van der Waals surface area contributed by atoms with E-state index in [0.29, 0.717) is 18.5 Å². The third kappa shape index (κ3) is 4.88. The molecule has 0 aromatic heterocycles. The van der Waals surface area contributed by atoms with Gasteiger partial charge < -0.3 is 10.1 Å². The van der Waals surface area contributed by atoms with Crippen LogP contribution in [0.5, 0.6) is 0 Å². The molecule has 1 amide bonds. The van der Waals surface area contributed by atoms with E-state index in [0.717, 1.165) is 18.4 Å². The van der Waals surface area contributed by atoms with Gasteiger partial charge >= 0.3 is 5.97 Å². The number of esters is 1. The molecule has 0 saturated carbocycles. The zero-order valence-electron chi connectivity index (χ0n) is 13.4. The van der Waals surface area contributed by atoms with E-state index in [1.165, 1.54) is 0 Å². The first kappa shape index (κ1) is 17.2. The minimum absolute atomic E-state index is 0.237. The first-order chi connectivity index (χ1) is 9.92. The molecule has 0 aliphatic heterocycles. The second kappa shape index (κ2) is 7.81. The van der Waals surface area contributed by atoms with Crippen LogP contribution in [0.25, 0.3) is 0 Å². The summed E-state index contributed by atoms with van der Waals surface area (Å²) >= 11 is 0. The van der Waals surface area contributed by atoms with Crippen molar-refractivity contribution in [2.75, 3.05) is 6.54 Å². The van der Waals surface area contributed by atoms with Gasteiger partial charge in [0.05, 0.1) is 5.56 Å². The highest BCUT2D eigenvalue weighted by molar-refractivity contribution is 5.93. The molecule has 21 heavy (non-hydrogen) atoms. The average molecular weight is 291 g/mol. The van der Waals surface area contributed by atoms with Gasteiger partial charge in [-0.05, 0) is 38.8 Å². The average Bonchev–Trinajstić information content (AvgIpc) is 2.47. The molecule has 4 nitrogen and oxygen atoms in total. The molecule has 0 aliphatic rings. The van der Waals surface area contributed by atoms with Gasteiger partial charge in [-0.2, -0.15) is 0 Å². The summed E-state index contributed by atoms with van der Waals surface area (Å²) < 4.78 is 5.45. The van der Waals surface area contributed by atoms with Gasteiger partial charge in [0.15, 0.2) is 5.60 Å². The maximum atomic E-state index is 12.2. The molecule has 1 unspecified atom stereocenters. The third-order valence-corrected chi connectivity index (χ3v) is 3.58. The highest BCUT2D eigenvalue weighted by Crippen LogP contribution is 2.18. The Balaban J connectivity index is 2.72. The van der Waals surface area contributed by atoms with Gasteiger partial charge in [0.1, 0.15) is 0 Å². The van der Waals surface area contributed by atoms with Crippen LogP contribution >= 0.6 is 0 Å². The Labute approximate surface area is 126 Å². The molecule has 0 saturated heterocycles. The van der Waals surface area contributed by atoms with E-state index in [9.17, 15) is 9.59 Å². The molecular weight excluding hydrogens is 266 g/mol. The minimum atomic E-state index is -1.13. The minimum Gasteiger partial charge on any atom is -0.446 e. The molecule has 1 aromatic rings. The van der Waals surface area contributed by atoms with Gasteiger partial charge in [0, 0.05) is 6.54 Å². The summed E-state index contributed by atoms with van der Waals surface area (Å²) in [4.78, 5) is 24.4. The molecule has 1 N–H and O–H groups in total. The SMILES string of the molecule is CCCCNC(=O)C(C)(CC)OC(=O)c1ccc(C)cc1. The molecule has 1 rings (SSSR count). The smallest absolute Gasteiger partial charge is 0.339 e. The van der Waals surface area contributed by atoms with E-state index >= 15 is 0 Å². The lowest BCUT2D eigenvalue weighted by Gasteiger charge is -2.27. The lowest BCUT2D eigenvalue weighted by Crippen LogP contribution is -2.47. The second-order valence-corrected chi connectivity index (χ2v) is 5.45. The van der Waals surface area contributed by atoms with Crippen LogP contribution in [0.2, 0.25) is 0 Å².